The average Bonchev–Trinajstić information content (AvgIpc) is 3.24. The highest BCUT2D eigenvalue weighted by molar-refractivity contribution is 9.11. The van der Waals surface area contributed by atoms with Crippen LogP contribution in [0.3, 0.4) is 0 Å². The van der Waals surface area contributed by atoms with Crippen molar-refractivity contribution in [2.24, 2.45) is 0 Å². The molecule has 0 bridgehead atoms. The highest BCUT2D eigenvalue weighted by Crippen LogP contribution is 2.23. The van der Waals surface area contributed by atoms with Gasteiger partial charge in [-0.1, -0.05) is 18.6 Å². The molecule has 1 fully saturated rings. The molecule has 7 heteroatoms. The van der Waals surface area contributed by atoms with Gasteiger partial charge in [-0.3, -0.25) is 19.6 Å². The van der Waals surface area contributed by atoms with Crippen LogP contribution in [0.25, 0.3) is 10.9 Å². The summed E-state index contributed by atoms with van der Waals surface area (Å²) < 4.78 is 4.92. The predicted octanol–water partition coefficient (Wildman–Crippen LogP) is 4.12. The van der Waals surface area contributed by atoms with E-state index in [1.165, 1.54) is 30.6 Å². The molecule has 0 amide bonds. The maximum absolute atomic E-state index is 12.8. The molecule has 2 aromatic heterocycles. The number of nitrogens with zero attached hydrogens (tertiary/aromatic N) is 3. The van der Waals surface area contributed by atoms with E-state index in [9.17, 15) is 4.79 Å². The van der Waals surface area contributed by atoms with Crippen LogP contribution in [-0.4, -0.2) is 39.7 Å². The first kappa shape index (κ1) is 18.7. The van der Waals surface area contributed by atoms with Gasteiger partial charge in [0.05, 0.1) is 20.7 Å². The number of carbonyl (C=O) groups excluding carboxylic acids is 1. The van der Waals surface area contributed by atoms with Crippen LogP contribution in [0.2, 0.25) is 0 Å². The van der Waals surface area contributed by atoms with Gasteiger partial charge in [-0.25, -0.2) is 0 Å². The zero-order chi connectivity index (χ0) is 18.8. The zero-order valence-corrected chi connectivity index (χ0v) is 17.6. The quantitative estimate of drug-likeness (QED) is 0.579. The number of Topliss-reactive ketones (excluding diaryl/α,β-unsaturated/α-hetero) is 1. The van der Waals surface area contributed by atoms with Crippen LogP contribution in [0.5, 0.6) is 0 Å². The second-order valence-corrected chi connectivity index (χ2v) is 9.44. The first-order chi connectivity index (χ1) is 13.1. The number of piperidine rings is 1. The molecule has 1 N–H and O–H groups in total. The molecule has 0 saturated carbocycles. The number of ketones is 1. The standard InChI is InChI=1S/C20H23BrN4OS/c21-19-9-8-18(27-19)17(26)14-25-16-7-3-2-6-15(16)20(22)24(25)13-12-23-10-4-1-5-11-23/h2-3,6-9,22H,1,4-5,10-14H2. The zero-order valence-electron chi connectivity index (χ0n) is 15.2. The van der Waals surface area contributed by atoms with Crippen molar-refractivity contribution in [2.45, 2.75) is 32.4 Å². The van der Waals surface area contributed by atoms with E-state index in [1.54, 1.807) is 0 Å². The number of aromatic nitrogens is 2. The van der Waals surface area contributed by atoms with Crippen LogP contribution >= 0.6 is 27.3 Å². The Kier molecular flexibility index (Phi) is 5.61. The van der Waals surface area contributed by atoms with Gasteiger partial charge in [-0.2, -0.15) is 0 Å². The number of benzene rings is 1. The average molecular weight is 447 g/mol. The second-order valence-electron chi connectivity index (χ2n) is 6.98. The number of thiophene rings is 1. The summed E-state index contributed by atoms with van der Waals surface area (Å²) in [5, 5.41) is 9.54. The monoisotopic (exact) mass is 446 g/mol. The maximum Gasteiger partial charge on any atom is 0.194 e. The summed E-state index contributed by atoms with van der Waals surface area (Å²) in [5.74, 6) is 0.0816. The van der Waals surface area contributed by atoms with Crippen LogP contribution in [0.15, 0.2) is 40.2 Å². The van der Waals surface area contributed by atoms with Gasteiger partial charge in [0.1, 0.15) is 12.0 Å². The lowest BCUT2D eigenvalue weighted by molar-refractivity contribution is 0.0965. The molecule has 0 aliphatic carbocycles. The predicted molar refractivity (Wildman–Crippen MR) is 112 cm³/mol. The van der Waals surface area contributed by atoms with E-state index in [0.717, 1.165) is 45.7 Å². The molecule has 27 heavy (non-hydrogen) atoms. The Balaban J connectivity index is 1.64. The lowest BCUT2D eigenvalue weighted by Crippen LogP contribution is -2.36. The van der Waals surface area contributed by atoms with Crippen molar-refractivity contribution in [3.8, 4) is 0 Å². The van der Waals surface area contributed by atoms with E-state index in [0.29, 0.717) is 5.49 Å². The Morgan fingerprint density at radius 1 is 1.04 bits per heavy atom. The molecular weight excluding hydrogens is 424 g/mol. The summed E-state index contributed by atoms with van der Waals surface area (Å²) in [6.45, 7) is 4.18. The fourth-order valence-electron chi connectivity index (χ4n) is 3.79. The number of fused-ring (bicyclic) bond motifs is 1. The molecule has 0 radical (unpaired) electrons. The summed E-state index contributed by atoms with van der Waals surface area (Å²) >= 11 is 4.89. The SMILES string of the molecule is N=c1c2ccccc2n(CC(=O)c2ccc(Br)s2)n1CCN1CCCCC1. The molecule has 0 spiro atoms. The van der Waals surface area contributed by atoms with E-state index in [2.05, 4.69) is 20.8 Å². The van der Waals surface area contributed by atoms with E-state index in [-0.39, 0.29) is 12.3 Å². The van der Waals surface area contributed by atoms with Gasteiger partial charge in [0.25, 0.3) is 0 Å². The normalized spacial score (nSPS) is 15.4. The fraction of sp³-hybridized carbons (Fsp3) is 0.400. The van der Waals surface area contributed by atoms with Gasteiger partial charge < -0.3 is 4.90 Å². The van der Waals surface area contributed by atoms with Crippen molar-refractivity contribution in [1.82, 2.24) is 14.3 Å². The lowest BCUT2D eigenvalue weighted by Gasteiger charge is -2.27. The summed E-state index contributed by atoms with van der Waals surface area (Å²) in [5.41, 5.74) is 1.44. The second kappa shape index (κ2) is 8.12. The van der Waals surface area contributed by atoms with Crippen molar-refractivity contribution in [3.05, 3.63) is 50.5 Å². The van der Waals surface area contributed by atoms with Crippen molar-refractivity contribution in [2.75, 3.05) is 19.6 Å². The van der Waals surface area contributed by atoms with E-state index in [1.807, 2.05) is 45.8 Å². The Labute approximate surface area is 170 Å². The molecule has 3 aromatic rings. The number of carbonyl (C=O) groups is 1. The Morgan fingerprint density at radius 3 is 2.56 bits per heavy atom. The number of rotatable bonds is 6. The van der Waals surface area contributed by atoms with Gasteiger partial charge in [-0.05, 0) is 66.1 Å². The number of halogens is 1. The first-order valence-electron chi connectivity index (χ1n) is 9.37. The molecule has 3 heterocycles. The van der Waals surface area contributed by atoms with Crippen LogP contribution in [0.1, 0.15) is 28.9 Å². The Bertz CT molecular complexity index is 1010. The number of para-hydroxylation sites is 1. The molecule has 0 atom stereocenters. The van der Waals surface area contributed by atoms with Gasteiger partial charge in [0, 0.05) is 11.9 Å². The van der Waals surface area contributed by atoms with Gasteiger partial charge in [0.15, 0.2) is 5.78 Å². The van der Waals surface area contributed by atoms with Gasteiger partial charge in [-0.15, -0.1) is 11.3 Å². The van der Waals surface area contributed by atoms with Crippen LogP contribution in [-0.2, 0) is 13.1 Å². The largest absolute Gasteiger partial charge is 0.301 e. The molecular formula is C20H23BrN4OS. The molecule has 1 aliphatic heterocycles. The highest BCUT2D eigenvalue weighted by Gasteiger charge is 2.17. The van der Waals surface area contributed by atoms with Crippen LogP contribution in [0, 0.1) is 5.41 Å². The summed E-state index contributed by atoms with van der Waals surface area (Å²) in [6.07, 6.45) is 3.83. The molecule has 4 rings (SSSR count). The highest BCUT2D eigenvalue weighted by atomic mass is 79.9. The van der Waals surface area contributed by atoms with Gasteiger partial charge >= 0.3 is 0 Å². The molecule has 5 nitrogen and oxygen atoms in total. The minimum absolute atomic E-state index is 0.0816. The third-order valence-corrected chi connectivity index (χ3v) is 6.87. The summed E-state index contributed by atoms with van der Waals surface area (Å²) in [4.78, 5) is 16.0. The smallest absolute Gasteiger partial charge is 0.194 e. The summed E-state index contributed by atoms with van der Waals surface area (Å²) in [6, 6.07) is 11.7. The van der Waals surface area contributed by atoms with E-state index >= 15 is 0 Å². The van der Waals surface area contributed by atoms with Crippen molar-refractivity contribution < 1.29 is 4.79 Å². The minimum Gasteiger partial charge on any atom is -0.301 e. The number of likely N-dealkylation sites (tertiary alicyclic amines) is 1. The maximum atomic E-state index is 12.8. The molecule has 1 aromatic carbocycles. The number of hydrogen-bond acceptors (Lipinski definition) is 4. The lowest BCUT2D eigenvalue weighted by atomic mass is 10.1. The molecule has 142 valence electrons. The van der Waals surface area contributed by atoms with E-state index in [4.69, 9.17) is 5.41 Å². The third-order valence-electron chi connectivity index (χ3n) is 5.20. The van der Waals surface area contributed by atoms with Crippen LogP contribution in [0.4, 0.5) is 0 Å². The van der Waals surface area contributed by atoms with Crippen molar-refractivity contribution in [1.29, 1.82) is 5.41 Å². The molecule has 0 unspecified atom stereocenters. The number of hydrogen-bond donors (Lipinski definition) is 1. The third kappa shape index (κ3) is 3.95. The van der Waals surface area contributed by atoms with E-state index < -0.39 is 0 Å². The topological polar surface area (TPSA) is 54.0 Å². The summed E-state index contributed by atoms with van der Waals surface area (Å²) in [7, 11) is 0. The van der Waals surface area contributed by atoms with Crippen LogP contribution < -0.4 is 5.49 Å². The molecule has 1 aliphatic rings. The Hall–Kier alpha value is -1.70. The number of nitrogens with one attached hydrogen (secondary N) is 1. The molecule has 1 saturated heterocycles. The minimum atomic E-state index is 0.0816. The van der Waals surface area contributed by atoms with Crippen molar-refractivity contribution in [3.63, 3.8) is 0 Å². The van der Waals surface area contributed by atoms with Crippen molar-refractivity contribution >= 4 is 44.0 Å². The first-order valence-corrected chi connectivity index (χ1v) is 11.0. The van der Waals surface area contributed by atoms with Gasteiger partial charge in [0.2, 0.25) is 0 Å². The fourth-order valence-corrected chi connectivity index (χ4v) is 5.11. The Morgan fingerprint density at radius 2 is 1.81 bits per heavy atom.